The lowest BCUT2D eigenvalue weighted by atomic mass is 10.1. The van der Waals surface area contributed by atoms with E-state index in [-0.39, 0.29) is 0 Å². The van der Waals surface area contributed by atoms with Gasteiger partial charge >= 0.3 is 0 Å². The Kier molecular flexibility index (Phi) is 2.49. The molecule has 0 atom stereocenters. The van der Waals surface area contributed by atoms with Crippen LogP contribution in [0.2, 0.25) is 0 Å². The number of benzene rings is 1. The molecule has 0 unspecified atom stereocenters. The lowest BCUT2D eigenvalue weighted by Gasteiger charge is -1.97. The molecule has 1 aromatic carbocycles. The van der Waals surface area contributed by atoms with Gasteiger partial charge in [-0.25, -0.2) is 0 Å². The van der Waals surface area contributed by atoms with Crippen LogP contribution in [0.15, 0.2) is 24.3 Å². The molecular formula is C10H13. The average Bonchev–Trinajstić information content (AvgIpc) is 1.88. The maximum atomic E-state index is 2.23. The molecular weight excluding hydrogens is 120 g/mol. The minimum absolute atomic E-state index is 1.11. The third-order valence-corrected chi connectivity index (χ3v) is 1.48. The van der Waals surface area contributed by atoms with E-state index in [1.807, 2.05) is 0 Å². The number of hydrogen-bond donors (Lipinski definition) is 0. The highest BCUT2D eigenvalue weighted by molar-refractivity contribution is 5.27. The standard InChI is InChI=1S/C10H13/c1-3-5-10-7-4-6-9(2)8-10/h4-8H,3H2,1-2H3. The summed E-state index contributed by atoms with van der Waals surface area (Å²) in [6.45, 7) is 4.27. The third kappa shape index (κ3) is 1.87. The summed E-state index contributed by atoms with van der Waals surface area (Å²) >= 11 is 0. The quantitative estimate of drug-likeness (QED) is 0.582. The minimum atomic E-state index is 1.11. The molecule has 0 aliphatic carbocycles. The van der Waals surface area contributed by atoms with Gasteiger partial charge in [0.15, 0.2) is 0 Å². The van der Waals surface area contributed by atoms with Crippen molar-refractivity contribution >= 4 is 0 Å². The van der Waals surface area contributed by atoms with Crippen LogP contribution in [0.5, 0.6) is 0 Å². The maximum absolute atomic E-state index is 2.23. The molecule has 0 bridgehead atoms. The summed E-state index contributed by atoms with van der Waals surface area (Å²) in [6, 6.07) is 8.55. The van der Waals surface area contributed by atoms with Crippen molar-refractivity contribution in [2.75, 3.05) is 0 Å². The van der Waals surface area contributed by atoms with Gasteiger partial charge in [0.2, 0.25) is 0 Å². The van der Waals surface area contributed by atoms with Crippen molar-refractivity contribution in [3.8, 4) is 0 Å². The highest BCUT2D eigenvalue weighted by Crippen LogP contribution is 2.07. The Hall–Kier alpha value is -0.780. The van der Waals surface area contributed by atoms with Crippen LogP contribution < -0.4 is 0 Å². The Morgan fingerprint density at radius 1 is 1.40 bits per heavy atom. The van der Waals surface area contributed by atoms with Gasteiger partial charge in [-0.15, -0.1) is 0 Å². The Morgan fingerprint density at radius 2 is 2.20 bits per heavy atom. The molecule has 0 aliphatic heterocycles. The maximum Gasteiger partial charge on any atom is -0.00957 e. The van der Waals surface area contributed by atoms with Gasteiger partial charge in [-0.2, -0.15) is 0 Å². The van der Waals surface area contributed by atoms with Gasteiger partial charge in [0.05, 0.1) is 0 Å². The van der Waals surface area contributed by atoms with Gasteiger partial charge in [-0.05, 0) is 25.3 Å². The Bertz CT molecular complexity index is 201. The van der Waals surface area contributed by atoms with Gasteiger partial charge in [-0.3, -0.25) is 0 Å². The molecule has 0 nitrogen and oxygen atoms in total. The van der Waals surface area contributed by atoms with E-state index in [9.17, 15) is 0 Å². The highest BCUT2D eigenvalue weighted by atomic mass is 13.9. The van der Waals surface area contributed by atoms with Crippen molar-refractivity contribution in [1.29, 1.82) is 0 Å². The Labute approximate surface area is 62.9 Å². The summed E-state index contributed by atoms with van der Waals surface area (Å²) in [4.78, 5) is 0. The van der Waals surface area contributed by atoms with Crippen molar-refractivity contribution < 1.29 is 0 Å². The lowest BCUT2D eigenvalue weighted by molar-refractivity contribution is 1.12. The second kappa shape index (κ2) is 3.40. The SMILES string of the molecule is CC[CH]c1cccc(C)c1. The van der Waals surface area contributed by atoms with Crippen LogP contribution in [0.1, 0.15) is 24.5 Å². The zero-order chi connectivity index (χ0) is 7.40. The molecule has 0 saturated heterocycles. The molecule has 0 aromatic heterocycles. The average molecular weight is 133 g/mol. The topological polar surface area (TPSA) is 0 Å². The van der Waals surface area contributed by atoms with Gasteiger partial charge < -0.3 is 0 Å². The first-order valence-electron chi connectivity index (χ1n) is 3.73. The molecule has 0 fully saturated rings. The first-order chi connectivity index (χ1) is 4.83. The summed E-state index contributed by atoms with van der Waals surface area (Å²) in [6.07, 6.45) is 3.34. The summed E-state index contributed by atoms with van der Waals surface area (Å²) in [5.74, 6) is 0. The molecule has 53 valence electrons. The fourth-order valence-corrected chi connectivity index (χ4v) is 1.03. The molecule has 10 heavy (non-hydrogen) atoms. The van der Waals surface area contributed by atoms with Gasteiger partial charge in [0.25, 0.3) is 0 Å². The van der Waals surface area contributed by atoms with E-state index in [2.05, 4.69) is 44.5 Å². The first-order valence-corrected chi connectivity index (χ1v) is 3.73. The predicted molar refractivity (Wildman–Crippen MR) is 44.9 cm³/mol. The van der Waals surface area contributed by atoms with Crippen molar-refractivity contribution in [3.05, 3.63) is 41.8 Å². The van der Waals surface area contributed by atoms with Gasteiger partial charge in [-0.1, -0.05) is 36.8 Å². The molecule has 1 radical (unpaired) electrons. The van der Waals surface area contributed by atoms with Crippen LogP contribution in [0.4, 0.5) is 0 Å². The van der Waals surface area contributed by atoms with E-state index in [4.69, 9.17) is 0 Å². The molecule has 0 aliphatic rings. The highest BCUT2D eigenvalue weighted by Gasteiger charge is 1.89. The second-order valence-corrected chi connectivity index (χ2v) is 2.53. The van der Waals surface area contributed by atoms with Crippen LogP contribution >= 0.6 is 0 Å². The monoisotopic (exact) mass is 133 g/mol. The largest absolute Gasteiger partial charge is 0.0648 e. The number of hydrogen-bond acceptors (Lipinski definition) is 0. The Balaban J connectivity index is 2.75. The lowest BCUT2D eigenvalue weighted by Crippen LogP contribution is -1.79. The molecule has 0 heterocycles. The van der Waals surface area contributed by atoms with Crippen molar-refractivity contribution in [1.82, 2.24) is 0 Å². The van der Waals surface area contributed by atoms with Crippen molar-refractivity contribution in [3.63, 3.8) is 0 Å². The van der Waals surface area contributed by atoms with Crippen molar-refractivity contribution in [2.24, 2.45) is 0 Å². The Morgan fingerprint density at radius 3 is 2.80 bits per heavy atom. The van der Waals surface area contributed by atoms with E-state index >= 15 is 0 Å². The predicted octanol–water partition coefficient (Wildman–Crippen LogP) is 2.96. The molecule has 1 aromatic rings. The summed E-state index contributed by atoms with van der Waals surface area (Å²) in [5.41, 5.74) is 2.67. The molecule has 0 heteroatoms. The van der Waals surface area contributed by atoms with E-state index in [1.54, 1.807) is 0 Å². The van der Waals surface area contributed by atoms with Gasteiger partial charge in [0.1, 0.15) is 0 Å². The molecule has 0 spiro atoms. The van der Waals surface area contributed by atoms with Gasteiger partial charge in [0, 0.05) is 0 Å². The normalized spacial score (nSPS) is 9.80. The van der Waals surface area contributed by atoms with E-state index in [1.165, 1.54) is 11.1 Å². The first kappa shape index (κ1) is 7.33. The van der Waals surface area contributed by atoms with Crippen LogP contribution in [0.3, 0.4) is 0 Å². The summed E-state index contributed by atoms with van der Waals surface area (Å²) in [7, 11) is 0. The molecule has 1 rings (SSSR count). The number of rotatable bonds is 2. The zero-order valence-electron chi connectivity index (χ0n) is 6.59. The summed E-state index contributed by atoms with van der Waals surface area (Å²) < 4.78 is 0. The van der Waals surface area contributed by atoms with Crippen LogP contribution in [-0.4, -0.2) is 0 Å². The van der Waals surface area contributed by atoms with Crippen LogP contribution in [-0.2, 0) is 0 Å². The second-order valence-electron chi connectivity index (χ2n) is 2.53. The van der Waals surface area contributed by atoms with E-state index in [0.29, 0.717) is 0 Å². The fraction of sp³-hybridized carbons (Fsp3) is 0.300. The molecule has 0 N–H and O–H groups in total. The van der Waals surface area contributed by atoms with Crippen molar-refractivity contribution in [2.45, 2.75) is 20.3 Å². The van der Waals surface area contributed by atoms with Crippen LogP contribution in [0.25, 0.3) is 0 Å². The van der Waals surface area contributed by atoms with Crippen LogP contribution in [0, 0.1) is 13.3 Å². The summed E-state index contributed by atoms with van der Waals surface area (Å²) in [5, 5.41) is 0. The fourth-order valence-electron chi connectivity index (χ4n) is 1.03. The zero-order valence-corrected chi connectivity index (χ0v) is 6.59. The van der Waals surface area contributed by atoms with E-state index < -0.39 is 0 Å². The third-order valence-electron chi connectivity index (χ3n) is 1.48. The molecule has 0 amide bonds. The smallest absolute Gasteiger partial charge is 0.00957 e. The minimum Gasteiger partial charge on any atom is -0.0648 e. The van der Waals surface area contributed by atoms with E-state index in [0.717, 1.165) is 6.42 Å². The molecule has 0 saturated carbocycles. The number of aryl methyl sites for hydroxylation is 1.